The summed E-state index contributed by atoms with van der Waals surface area (Å²) in [4.78, 5) is 11.5. The van der Waals surface area contributed by atoms with Crippen LogP contribution in [0, 0.1) is 5.82 Å². The predicted molar refractivity (Wildman–Crippen MR) is 89.3 cm³/mol. The molecule has 1 atom stereocenters. The van der Waals surface area contributed by atoms with Crippen molar-refractivity contribution in [2.24, 2.45) is 0 Å². The van der Waals surface area contributed by atoms with Crippen molar-refractivity contribution in [2.75, 3.05) is 6.54 Å². The summed E-state index contributed by atoms with van der Waals surface area (Å²) >= 11 is 0. The molecule has 0 aliphatic heterocycles. The van der Waals surface area contributed by atoms with Crippen molar-refractivity contribution < 1.29 is 13.9 Å². The van der Waals surface area contributed by atoms with Crippen LogP contribution in [-0.4, -0.2) is 12.6 Å². The minimum Gasteiger partial charge on any atom is -0.410 e. The molecular formula is C19H22FNO2. The van der Waals surface area contributed by atoms with Crippen LogP contribution in [0.2, 0.25) is 0 Å². The van der Waals surface area contributed by atoms with E-state index in [1.54, 1.807) is 12.1 Å². The summed E-state index contributed by atoms with van der Waals surface area (Å²) in [5, 5.41) is 2.66. The van der Waals surface area contributed by atoms with Crippen LogP contribution in [0.3, 0.4) is 0 Å². The van der Waals surface area contributed by atoms with Gasteiger partial charge in [-0.05, 0) is 48.2 Å². The number of rotatable bonds is 6. The molecule has 0 heterocycles. The Labute approximate surface area is 136 Å². The van der Waals surface area contributed by atoms with Gasteiger partial charge in [0.25, 0.3) is 0 Å². The highest BCUT2D eigenvalue weighted by Crippen LogP contribution is 2.29. The molecule has 122 valence electrons. The van der Waals surface area contributed by atoms with Crippen LogP contribution >= 0.6 is 0 Å². The van der Waals surface area contributed by atoms with E-state index in [1.807, 2.05) is 31.2 Å². The minimum atomic E-state index is -0.440. The lowest BCUT2D eigenvalue weighted by Crippen LogP contribution is -2.27. The number of carbonyl (C=O) groups excluding carboxylic acids is 1. The summed E-state index contributed by atoms with van der Waals surface area (Å²) in [5.41, 5.74) is 2.18. The van der Waals surface area contributed by atoms with Crippen molar-refractivity contribution in [3.63, 3.8) is 0 Å². The molecule has 0 bridgehead atoms. The van der Waals surface area contributed by atoms with Gasteiger partial charge in [0.15, 0.2) is 0 Å². The summed E-state index contributed by atoms with van der Waals surface area (Å²) < 4.78 is 18.3. The second kappa shape index (κ2) is 8.32. The molecule has 0 fully saturated rings. The van der Waals surface area contributed by atoms with Crippen molar-refractivity contribution >= 4 is 6.09 Å². The molecule has 3 nitrogen and oxygen atoms in total. The maximum atomic E-state index is 13.1. The topological polar surface area (TPSA) is 38.3 Å². The monoisotopic (exact) mass is 315 g/mol. The summed E-state index contributed by atoms with van der Waals surface area (Å²) in [6, 6.07) is 14.0. The molecule has 0 radical (unpaired) electrons. The normalized spacial score (nSPS) is 11.8. The standard InChI is InChI=1S/C19H22FNO2/c1-3-13-21-19(22)23-17-11-7-15(8-12-17)18(4-2)14-5-9-16(20)10-6-14/h5-12,18H,3-4,13H2,1-2H3,(H,21,22). The van der Waals surface area contributed by atoms with E-state index in [-0.39, 0.29) is 11.7 Å². The Balaban J connectivity index is 2.07. The number of carbonyl (C=O) groups is 1. The van der Waals surface area contributed by atoms with E-state index in [9.17, 15) is 9.18 Å². The van der Waals surface area contributed by atoms with Crippen LogP contribution in [0.1, 0.15) is 43.7 Å². The lowest BCUT2D eigenvalue weighted by molar-refractivity contribution is 0.200. The van der Waals surface area contributed by atoms with Crippen molar-refractivity contribution in [3.05, 3.63) is 65.5 Å². The average Bonchev–Trinajstić information content (AvgIpc) is 2.57. The fraction of sp³-hybridized carbons (Fsp3) is 0.316. The third-order valence-electron chi connectivity index (χ3n) is 3.69. The molecule has 2 rings (SSSR count). The van der Waals surface area contributed by atoms with E-state index in [1.165, 1.54) is 12.1 Å². The van der Waals surface area contributed by atoms with Crippen LogP contribution in [0.25, 0.3) is 0 Å². The van der Waals surface area contributed by atoms with Gasteiger partial charge in [-0.25, -0.2) is 9.18 Å². The zero-order chi connectivity index (χ0) is 16.7. The van der Waals surface area contributed by atoms with Gasteiger partial charge in [0.2, 0.25) is 0 Å². The smallest absolute Gasteiger partial charge is 0.410 e. The number of nitrogens with one attached hydrogen (secondary N) is 1. The molecule has 23 heavy (non-hydrogen) atoms. The SMILES string of the molecule is CCCNC(=O)Oc1ccc(C(CC)c2ccc(F)cc2)cc1. The molecule has 0 aliphatic carbocycles. The van der Waals surface area contributed by atoms with Crippen LogP contribution in [-0.2, 0) is 0 Å². The largest absolute Gasteiger partial charge is 0.412 e. The first-order valence-corrected chi connectivity index (χ1v) is 7.95. The summed E-state index contributed by atoms with van der Waals surface area (Å²) in [6.07, 6.45) is 1.33. The van der Waals surface area contributed by atoms with E-state index >= 15 is 0 Å². The molecule has 0 spiro atoms. The van der Waals surface area contributed by atoms with Crippen LogP contribution < -0.4 is 10.1 Å². The fourth-order valence-electron chi connectivity index (χ4n) is 2.50. The maximum Gasteiger partial charge on any atom is 0.412 e. The van der Waals surface area contributed by atoms with Crippen LogP contribution in [0.15, 0.2) is 48.5 Å². The molecule has 1 unspecified atom stereocenters. The van der Waals surface area contributed by atoms with Crippen molar-refractivity contribution in [1.29, 1.82) is 0 Å². The Morgan fingerprint density at radius 1 is 1.04 bits per heavy atom. The van der Waals surface area contributed by atoms with Gasteiger partial charge in [-0.1, -0.05) is 38.1 Å². The summed E-state index contributed by atoms with van der Waals surface area (Å²) in [7, 11) is 0. The molecule has 0 aromatic heterocycles. The van der Waals surface area contributed by atoms with E-state index in [4.69, 9.17) is 4.74 Å². The third-order valence-corrected chi connectivity index (χ3v) is 3.69. The zero-order valence-corrected chi connectivity index (χ0v) is 13.5. The molecule has 0 saturated heterocycles. The first kappa shape index (κ1) is 17.0. The van der Waals surface area contributed by atoms with E-state index < -0.39 is 6.09 Å². The molecule has 0 saturated carbocycles. The second-order valence-electron chi connectivity index (χ2n) is 5.40. The van der Waals surface area contributed by atoms with Gasteiger partial charge in [-0.15, -0.1) is 0 Å². The van der Waals surface area contributed by atoms with Crippen molar-refractivity contribution in [3.8, 4) is 5.75 Å². The van der Waals surface area contributed by atoms with Crippen LogP contribution in [0.5, 0.6) is 5.75 Å². The Kier molecular flexibility index (Phi) is 6.15. The highest BCUT2D eigenvalue weighted by Gasteiger charge is 2.13. The number of halogens is 1. The second-order valence-corrected chi connectivity index (χ2v) is 5.40. The summed E-state index contributed by atoms with van der Waals surface area (Å²) in [6.45, 7) is 4.67. The Morgan fingerprint density at radius 2 is 1.61 bits per heavy atom. The number of amides is 1. The van der Waals surface area contributed by atoms with Crippen molar-refractivity contribution in [2.45, 2.75) is 32.6 Å². The third kappa shape index (κ3) is 4.81. The quantitative estimate of drug-likeness (QED) is 0.826. The number of ether oxygens (including phenoxy) is 1. The fourth-order valence-corrected chi connectivity index (χ4v) is 2.50. The Bertz CT molecular complexity index is 623. The lowest BCUT2D eigenvalue weighted by Gasteiger charge is -2.16. The van der Waals surface area contributed by atoms with Gasteiger partial charge >= 0.3 is 6.09 Å². The Morgan fingerprint density at radius 3 is 2.13 bits per heavy atom. The first-order valence-electron chi connectivity index (χ1n) is 7.95. The molecule has 1 amide bonds. The average molecular weight is 315 g/mol. The van der Waals surface area contributed by atoms with Gasteiger partial charge < -0.3 is 10.1 Å². The molecule has 2 aromatic carbocycles. The molecule has 4 heteroatoms. The Hall–Kier alpha value is -2.36. The number of hydrogen-bond acceptors (Lipinski definition) is 2. The van der Waals surface area contributed by atoms with Gasteiger partial charge in [0, 0.05) is 12.5 Å². The maximum absolute atomic E-state index is 13.1. The van der Waals surface area contributed by atoms with E-state index in [0.29, 0.717) is 12.3 Å². The van der Waals surface area contributed by atoms with Crippen LogP contribution in [0.4, 0.5) is 9.18 Å². The van der Waals surface area contributed by atoms with Gasteiger partial charge in [-0.3, -0.25) is 0 Å². The van der Waals surface area contributed by atoms with Gasteiger partial charge in [0.1, 0.15) is 11.6 Å². The first-order chi connectivity index (χ1) is 11.1. The van der Waals surface area contributed by atoms with Crippen molar-refractivity contribution in [1.82, 2.24) is 5.32 Å². The van der Waals surface area contributed by atoms with E-state index in [0.717, 1.165) is 24.0 Å². The molecule has 2 aromatic rings. The predicted octanol–water partition coefficient (Wildman–Crippen LogP) is 4.87. The van der Waals surface area contributed by atoms with Gasteiger partial charge in [-0.2, -0.15) is 0 Å². The highest BCUT2D eigenvalue weighted by molar-refractivity contribution is 5.70. The highest BCUT2D eigenvalue weighted by atomic mass is 19.1. The zero-order valence-electron chi connectivity index (χ0n) is 13.5. The molecule has 0 aliphatic rings. The van der Waals surface area contributed by atoms with E-state index in [2.05, 4.69) is 12.2 Å². The molecular weight excluding hydrogens is 293 g/mol. The minimum absolute atomic E-state index is 0.193. The number of benzene rings is 2. The molecule has 1 N–H and O–H groups in total. The number of hydrogen-bond donors (Lipinski definition) is 1. The lowest BCUT2D eigenvalue weighted by atomic mass is 9.89. The summed E-state index contributed by atoms with van der Waals surface area (Å²) in [5.74, 6) is 0.473. The van der Waals surface area contributed by atoms with Gasteiger partial charge in [0.05, 0.1) is 0 Å².